The molecule has 0 radical (unpaired) electrons. The Morgan fingerprint density at radius 1 is 1.17 bits per heavy atom. The molecule has 2 N–H and O–H groups in total. The summed E-state index contributed by atoms with van der Waals surface area (Å²) in [5.74, 6) is 0.203. The molecule has 7 heteroatoms. The van der Waals surface area contributed by atoms with E-state index >= 15 is 0 Å². The number of nitrogens with zero attached hydrogens (tertiary/aromatic N) is 1. The molecular formula is C16H16Cl2N2O3. The summed E-state index contributed by atoms with van der Waals surface area (Å²) in [5, 5.41) is 12.1. The Hall–Kier alpha value is -1.82. The third-order valence-corrected chi connectivity index (χ3v) is 3.90. The van der Waals surface area contributed by atoms with E-state index in [0.717, 1.165) is 11.1 Å². The average molecular weight is 355 g/mol. The van der Waals surface area contributed by atoms with Crippen molar-refractivity contribution in [3.63, 3.8) is 0 Å². The molecule has 1 unspecified atom stereocenters. The summed E-state index contributed by atoms with van der Waals surface area (Å²) in [5.41, 5.74) is 7.22. The zero-order chi connectivity index (χ0) is 17.0. The van der Waals surface area contributed by atoms with E-state index in [-0.39, 0.29) is 24.1 Å². The van der Waals surface area contributed by atoms with Gasteiger partial charge in [0.2, 0.25) is 0 Å². The van der Waals surface area contributed by atoms with Gasteiger partial charge in [-0.3, -0.25) is 10.1 Å². The predicted molar refractivity (Wildman–Crippen MR) is 91.2 cm³/mol. The molecule has 0 heterocycles. The van der Waals surface area contributed by atoms with E-state index < -0.39 is 4.92 Å². The van der Waals surface area contributed by atoms with Gasteiger partial charge < -0.3 is 10.5 Å². The fourth-order valence-electron chi connectivity index (χ4n) is 2.12. The summed E-state index contributed by atoms with van der Waals surface area (Å²) in [6.45, 7) is 2.00. The Labute approximate surface area is 144 Å². The minimum Gasteiger partial charge on any atom is -0.482 e. The fourth-order valence-corrected chi connectivity index (χ4v) is 2.44. The second-order valence-electron chi connectivity index (χ2n) is 5.28. The number of nitro groups is 1. The number of benzene rings is 2. The molecule has 0 saturated carbocycles. The predicted octanol–water partition coefficient (Wildman–Crippen LogP) is 4.37. The Morgan fingerprint density at radius 2 is 1.87 bits per heavy atom. The van der Waals surface area contributed by atoms with Crippen molar-refractivity contribution >= 4 is 28.9 Å². The molecule has 0 fully saturated rings. The van der Waals surface area contributed by atoms with Gasteiger partial charge in [0.05, 0.1) is 15.0 Å². The molecule has 23 heavy (non-hydrogen) atoms. The molecule has 2 aromatic carbocycles. The van der Waals surface area contributed by atoms with Crippen molar-refractivity contribution in [2.45, 2.75) is 26.0 Å². The first-order chi connectivity index (χ1) is 10.9. The topological polar surface area (TPSA) is 78.4 Å². The van der Waals surface area contributed by atoms with Crippen molar-refractivity contribution in [1.82, 2.24) is 0 Å². The summed E-state index contributed by atoms with van der Waals surface area (Å²) in [6, 6.07) is 9.87. The van der Waals surface area contributed by atoms with E-state index in [1.165, 1.54) is 6.07 Å². The van der Waals surface area contributed by atoms with E-state index in [1.54, 1.807) is 30.3 Å². The number of nitro benzene ring substituents is 1. The summed E-state index contributed by atoms with van der Waals surface area (Å²) >= 11 is 11.8. The third kappa shape index (κ3) is 4.82. The minimum absolute atomic E-state index is 0.0717. The van der Waals surface area contributed by atoms with Crippen LogP contribution in [-0.4, -0.2) is 11.0 Å². The maximum Gasteiger partial charge on any atom is 0.311 e. The smallest absolute Gasteiger partial charge is 0.311 e. The first-order valence-corrected chi connectivity index (χ1v) is 7.72. The summed E-state index contributed by atoms with van der Waals surface area (Å²) in [7, 11) is 0. The molecular weight excluding hydrogens is 339 g/mol. The highest BCUT2D eigenvalue weighted by Crippen LogP contribution is 2.30. The maximum atomic E-state index is 11.2. The van der Waals surface area contributed by atoms with Crippen LogP contribution >= 0.6 is 23.2 Å². The molecule has 5 nitrogen and oxygen atoms in total. The Kier molecular flexibility index (Phi) is 5.82. The SMILES string of the molecule is CC(N)Cc1ccc(OCc2ccc(Cl)c(Cl)c2)c([N+](=O)[O-])c1. The molecule has 2 rings (SSSR count). The third-order valence-electron chi connectivity index (χ3n) is 3.16. The second kappa shape index (κ2) is 7.64. The fraction of sp³-hybridized carbons (Fsp3) is 0.250. The van der Waals surface area contributed by atoms with E-state index in [9.17, 15) is 10.1 Å². The van der Waals surface area contributed by atoms with Gasteiger partial charge in [-0.05, 0) is 42.7 Å². The van der Waals surface area contributed by atoms with Crippen LogP contribution in [0.1, 0.15) is 18.1 Å². The van der Waals surface area contributed by atoms with E-state index in [4.69, 9.17) is 33.7 Å². The van der Waals surface area contributed by atoms with Crippen molar-refractivity contribution < 1.29 is 9.66 Å². The Bertz CT molecular complexity index is 720. The molecule has 0 aromatic heterocycles. The lowest BCUT2D eigenvalue weighted by Crippen LogP contribution is -2.17. The summed E-state index contributed by atoms with van der Waals surface area (Å²) < 4.78 is 5.56. The van der Waals surface area contributed by atoms with Gasteiger partial charge in [-0.2, -0.15) is 0 Å². The van der Waals surface area contributed by atoms with Crippen molar-refractivity contribution in [1.29, 1.82) is 0 Å². The quantitative estimate of drug-likeness (QED) is 0.616. The molecule has 0 amide bonds. The van der Waals surface area contributed by atoms with Crippen LogP contribution < -0.4 is 10.5 Å². The van der Waals surface area contributed by atoms with Gasteiger partial charge in [0.1, 0.15) is 6.61 Å². The van der Waals surface area contributed by atoms with E-state index in [1.807, 2.05) is 6.92 Å². The monoisotopic (exact) mass is 354 g/mol. The van der Waals surface area contributed by atoms with Crippen molar-refractivity contribution in [3.8, 4) is 5.75 Å². The van der Waals surface area contributed by atoms with Gasteiger partial charge in [-0.1, -0.05) is 35.3 Å². The van der Waals surface area contributed by atoms with Gasteiger partial charge in [-0.15, -0.1) is 0 Å². The lowest BCUT2D eigenvalue weighted by molar-refractivity contribution is -0.386. The zero-order valence-corrected chi connectivity index (χ0v) is 14.0. The number of halogens is 2. The van der Waals surface area contributed by atoms with Crippen molar-refractivity contribution in [3.05, 3.63) is 67.7 Å². The number of ether oxygens (including phenoxy) is 1. The number of hydrogen-bond acceptors (Lipinski definition) is 4. The van der Waals surface area contributed by atoms with Crippen LogP contribution in [0.4, 0.5) is 5.69 Å². The van der Waals surface area contributed by atoms with Gasteiger partial charge in [-0.25, -0.2) is 0 Å². The molecule has 0 spiro atoms. The van der Waals surface area contributed by atoms with Crippen LogP contribution in [0, 0.1) is 10.1 Å². The molecule has 122 valence electrons. The molecule has 0 bridgehead atoms. The summed E-state index contributed by atoms with van der Waals surface area (Å²) in [6.07, 6.45) is 0.563. The van der Waals surface area contributed by atoms with Gasteiger partial charge in [0.15, 0.2) is 5.75 Å². The highest BCUT2D eigenvalue weighted by Gasteiger charge is 2.16. The molecule has 1 atom stereocenters. The zero-order valence-electron chi connectivity index (χ0n) is 12.5. The normalized spacial score (nSPS) is 12.0. The second-order valence-corrected chi connectivity index (χ2v) is 6.09. The lowest BCUT2D eigenvalue weighted by atomic mass is 10.1. The standard InChI is InChI=1S/C16H16Cl2N2O3/c1-10(19)6-11-3-5-16(15(8-11)20(21)22)23-9-12-2-4-13(17)14(18)7-12/h2-5,7-8,10H,6,9,19H2,1H3. The highest BCUT2D eigenvalue weighted by molar-refractivity contribution is 6.42. The highest BCUT2D eigenvalue weighted by atomic mass is 35.5. The molecule has 0 aliphatic rings. The number of hydrogen-bond donors (Lipinski definition) is 1. The van der Waals surface area contributed by atoms with Crippen molar-refractivity contribution in [2.75, 3.05) is 0 Å². The molecule has 0 aliphatic heterocycles. The van der Waals surface area contributed by atoms with Gasteiger partial charge in [0.25, 0.3) is 0 Å². The van der Waals surface area contributed by atoms with Crippen LogP contribution in [0.25, 0.3) is 0 Å². The maximum absolute atomic E-state index is 11.2. The van der Waals surface area contributed by atoms with Crippen LogP contribution in [0.5, 0.6) is 5.75 Å². The van der Waals surface area contributed by atoms with Crippen LogP contribution in [0.15, 0.2) is 36.4 Å². The number of rotatable bonds is 6. The Morgan fingerprint density at radius 3 is 2.48 bits per heavy atom. The lowest BCUT2D eigenvalue weighted by Gasteiger charge is -2.10. The van der Waals surface area contributed by atoms with Crippen molar-refractivity contribution in [2.24, 2.45) is 5.73 Å². The Balaban J connectivity index is 2.18. The molecule has 0 saturated heterocycles. The first-order valence-electron chi connectivity index (χ1n) is 6.96. The molecule has 2 aromatic rings. The summed E-state index contributed by atoms with van der Waals surface area (Å²) in [4.78, 5) is 10.8. The van der Waals surface area contributed by atoms with Crippen LogP contribution in [-0.2, 0) is 13.0 Å². The molecule has 0 aliphatic carbocycles. The van der Waals surface area contributed by atoms with Crippen LogP contribution in [0.2, 0.25) is 10.0 Å². The van der Waals surface area contributed by atoms with E-state index in [0.29, 0.717) is 16.5 Å². The van der Waals surface area contributed by atoms with Gasteiger partial charge >= 0.3 is 5.69 Å². The minimum atomic E-state index is -0.463. The number of nitrogens with two attached hydrogens (primary N) is 1. The average Bonchev–Trinajstić information content (AvgIpc) is 2.48. The van der Waals surface area contributed by atoms with Gasteiger partial charge in [0, 0.05) is 12.1 Å². The van der Waals surface area contributed by atoms with E-state index in [2.05, 4.69) is 0 Å². The largest absolute Gasteiger partial charge is 0.482 e. The first kappa shape index (κ1) is 17.5. The van der Waals surface area contributed by atoms with Crippen LogP contribution in [0.3, 0.4) is 0 Å².